The Morgan fingerprint density at radius 2 is 1.65 bits per heavy atom. The predicted octanol–water partition coefficient (Wildman–Crippen LogP) is 3.93. The lowest BCUT2D eigenvalue weighted by atomic mass is 10.3. The molecular weight excluding hydrogens is 214 g/mol. The number of hydrogen-bond acceptors (Lipinski definition) is 2. The highest BCUT2D eigenvalue weighted by Gasteiger charge is 2.25. The van der Waals surface area contributed by atoms with Gasteiger partial charge < -0.3 is 9.64 Å². The van der Waals surface area contributed by atoms with Crippen LogP contribution < -0.4 is 0 Å². The van der Waals surface area contributed by atoms with Crippen LogP contribution >= 0.6 is 0 Å². The van der Waals surface area contributed by atoms with Crippen molar-refractivity contribution >= 4 is 6.09 Å². The van der Waals surface area contributed by atoms with E-state index in [1.807, 2.05) is 48.5 Å². The van der Waals surface area contributed by atoms with Gasteiger partial charge in [-0.05, 0) is 20.3 Å². The summed E-state index contributed by atoms with van der Waals surface area (Å²) in [6, 6.07) is 0. The fraction of sp³-hybridized carbons (Fsp3) is 0.786. The zero-order valence-corrected chi connectivity index (χ0v) is 12.8. The fourth-order valence-corrected chi connectivity index (χ4v) is 0.862. The van der Waals surface area contributed by atoms with Gasteiger partial charge in [0, 0.05) is 7.05 Å². The minimum atomic E-state index is -0.193. The molecule has 0 spiro atoms. The van der Waals surface area contributed by atoms with E-state index < -0.39 is 0 Å². The van der Waals surface area contributed by atoms with E-state index >= 15 is 0 Å². The van der Waals surface area contributed by atoms with Gasteiger partial charge in [0.15, 0.2) is 0 Å². The van der Waals surface area contributed by atoms with Crippen LogP contribution in [-0.2, 0) is 4.74 Å². The first-order valence-electron chi connectivity index (χ1n) is 6.40. The van der Waals surface area contributed by atoms with Gasteiger partial charge in [0.2, 0.25) is 0 Å². The van der Waals surface area contributed by atoms with Gasteiger partial charge in [-0.1, -0.05) is 34.6 Å². The van der Waals surface area contributed by atoms with Crippen LogP contribution in [0.4, 0.5) is 4.79 Å². The number of nitrogens with zero attached hydrogens (tertiary/aromatic N) is 1. The lowest BCUT2D eigenvalue weighted by molar-refractivity contribution is 0.132. The summed E-state index contributed by atoms with van der Waals surface area (Å²) in [6.45, 7) is 14.4. The minimum Gasteiger partial charge on any atom is -0.444 e. The summed E-state index contributed by atoms with van der Waals surface area (Å²) >= 11 is 0. The molecule has 1 heterocycles. The molecule has 3 heteroatoms. The van der Waals surface area contributed by atoms with Gasteiger partial charge in [-0.3, -0.25) is 0 Å². The lowest BCUT2D eigenvalue weighted by Gasteiger charge is -2.01. The summed E-state index contributed by atoms with van der Waals surface area (Å²) in [5.41, 5.74) is 0. The first-order chi connectivity index (χ1) is 8.15. The highest BCUT2D eigenvalue weighted by atomic mass is 16.6. The summed E-state index contributed by atoms with van der Waals surface area (Å²) in [4.78, 5) is 12.2. The van der Waals surface area contributed by atoms with Crippen LogP contribution in [0.1, 0.15) is 54.9 Å². The Labute approximate surface area is 108 Å². The number of carbonyl (C=O) groups is 1. The molecule has 17 heavy (non-hydrogen) atoms. The third-order valence-electron chi connectivity index (χ3n) is 1.76. The zero-order valence-electron chi connectivity index (χ0n) is 12.8. The Bertz CT molecular complexity index is 210. The summed E-state index contributed by atoms with van der Waals surface area (Å²) in [6.07, 6.45) is 0.847. The maximum Gasteiger partial charge on any atom is 0.409 e. The van der Waals surface area contributed by atoms with E-state index in [4.69, 9.17) is 4.74 Å². The highest BCUT2D eigenvalue weighted by Crippen LogP contribution is 2.10. The normalized spacial score (nSPS) is 15.6. The average Bonchev–Trinajstić information content (AvgIpc) is 2.74. The Kier molecular flexibility index (Phi) is 21.4. The SMILES string of the molecule is CC.CC.CC#CC.CCC1CN(C)C(=O)O1. The summed E-state index contributed by atoms with van der Waals surface area (Å²) < 4.78 is 4.91. The molecule has 0 N–H and O–H groups in total. The minimum absolute atomic E-state index is 0.127. The molecule has 1 aliphatic heterocycles. The van der Waals surface area contributed by atoms with E-state index in [0.29, 0.717) is 0 Å². The molecule has 0 aromatic heterocycles. The van der Waals surface area contributed by atoms with Crippen molar-refractivity contribution in [1.29, 1.82) is 0 Å². The molecule has 1 amide bonds. The number of rotatable bonds is 1. The molecule has 0 bridgehead atoms. The topological polar surface area (TPSA) is 29.5 Å². The zero-order chi connectivity index (χ0) is 14.3. The molecule has 1 rings (SSSR count). The highest BCUT2D eigenvalue weighted by molar-refractivity contribution is 5.69. The van der Waals surface area contributed by atoms with Crippen LogP contribution in [0.25, 0.3) is 0 Å². The van der Waals surface area contributed by atoms with Crippen LogP contribution in [0.2, 0.25) is 0 Å². The van der Waals surface area contributed by atoms with E-state index in [0.717, 1.165) is 13.0 Å². The van der Waals surface area contributed by atoms with E-state index in [1.54, 1.807) is 11.9 Å². The third-order valence-corrected chi connectivity index (χ3v) is 1.76. The van der Waals surface area contributed by atoms with Gasteiger partial charge in [-0.15, -0.1) is 11.8 Å². The Morgan fingerprint density at radius 1 is 1.24 bits per heavy atom. The van der Waals surface area contributed by atoms with E-state index in [2.05, 4.69) is 11.8 Å². The second-order valence-corrected chi connectivity index (χ2v) is 2.79. The van der Waals surface area contributed by atoms with Crippen molar-refractivity contribution in [3.8, 4) is 11.8 Å². The molecule has 0 aromatic rings. The lowest BCUT2D eigenvalue weighted by Crippen LogP contribution is -2.18. The van der Waals surface area contributed by atoms with Crippen molar-refractivity contribution in [2.75, 3.05) is 13.6 Å². The molecule has 0 aromatic carbocycles. The van der Waals surface area contributed by atoms with Gasteiger partial charge in [0.1, 0.15) is 6.10 Å². The summed E-state index contributed by atoms with van der Waals surface area (Å²) in [5, 5.41) is 0. The first kappa shape index (κ1) is 21.1. The van der Waals surface area contributed by atoms with Crippen LogP contribution in [0.5, 0.6) is 0 Å². The molecule has 0 aliphatic carbocycles. The molecule has 1 unspecified atom stereocenters. The Hall–Kier alpha value is -1.17. The van der Waals surface area contributed by atoms with Gasteiger partial charge in [-0.2, -0.15) is 0 Å². The second-order valence-electron chi connectivity index (χ2n) is 2.79. The summed E-state index contributed by atoms with van der Waals surface area (Å²) in [5.74, 6) is 5.36. The number of carbonyl (C=O) groups excluding carboxylic acids is 1. The van der Waals surface area contributed by atoms with Crippen LogP contribution in [-0.4, -0.2) is 30.7 Å². The third kappa shape index (κ3) is 12.8. The molecular formula is C14H29NO2. The van der Waals surface area contributed by atoms with Crippen LogP contribution in [0.3, 0.4) is 0 Å². The first-order valence-corrected chi connectivity index (χ1v) is 6.40. The molecule has 0 radical (unpaired) electrons. The van der Waals surface area contributed by atoms with Gasteiger partial charge in [0.05, 0.1) is 6.54 Å². The molecule has 1 fully saturated rings. The van der Waals surface area contributed by atoms with E-state index in [1.165, 1.54) is 0 Å². The molecule has 102 valence electrons. The Morgan fingerprint density at radius 3 is 1.76 bits per heavy atom. The van der Waals surface area contributed by atoms with Crippen molar-refractivity contribution < 1.29 is 9.53 Å². The predicted molar refractivity (Wildman–Crippen MR) is 75.0 cm³/mol. The monoisotopic (exact) mass is 243 g/mol. The Balaban J connectivity index is -0.000000208. The van der Waals surface area contributed by atoms with E-state index in [-0.39, 0.29) is 12.2 Å². The molecule has 1 atom stereocenters. The number of amides is 1. The van der Waals surface area contributed by atoms with E-state index in [9.17, 15) is 4.79 Å². The average molecular weight is 243 g/mol. The van der Waals surface area contributed by atoms with Crippen LogP contribution in [0.15, 0.2) is 0 Å². The molecule has 0 saturated carbocycles. The molecule has 1 aliphatic rings. The fourth-order valence-electron chi connectivity index (χ4n) is 0.862. The summed E-state index contributed by atoms with van der Waals surface area (Å²) in [7, 11) is 1.75. The number of likely N-dealkylation sites (N-methyl/N-ethyl adjacent to an activating group) is 1. The van der Waals surface area contributed by atoms with Gasteiger partial charge >= 0.3 is 6.09 Å². The standard InChI is InChI=1S/C6H11NO2.C4H6.2C2H6/c1-3-5-4-7(2)6(8)9-5;1-3-4-2;2*1-2/h5H,3-4H2,1-2H3;1-2H3;2*1-2H3. The maximum atomic E-state index is 10.6. The van der Waals surface area contributed by atoms with Crippen molar-refractivity contribution in [3.63, 3.8) is 0 Å². The quantitative estimate of drug-likeness (QED) is 0.653. The molecule has 1 saturated heterocycles. The van der Waals surface area contributed by atoms with Crippen molar-refractivity contribution in [2.24, 2.45) is 0 Å². The van der Waals surface area contributed by atoms with Crippen LogP contribution in [0, 0.1) is 11.8 Å². The maximum absolute atomic E-state index is 10.6. The van der Waals surface area contributed by atoms with Crippen molar-refractivity contribution in [2.45, 2.75) is 61.0 Å². The number of ether oxygens (including phenoxy) is 1. The number of hydrogen-bond donors (Lipinski definition) is 0. The van der Waals surface area contributed by atoms with Crippen molar-refractivity contribution in [3.05, 3.63) is 0 Å². The molecule has 3 nitrogen and oxygen atoms in total. The van der Waals surface area contributed by atoms with Crippen molar-refractivity contribution in [1.82, 2.24) is 4.90 Å². The van der Waals surface area contributed by atoms with Gasteiger partial charge in [0.25, 0.3) is 0 Å². The second kappa shape index (κ2) is 17.2. The largest absolute Gasteiger partial charge is 0.444 e. The number of cyclic esters (lactones) is 1. The smallest absolute Gasteiger partial charge is 0.409 e. The van der Waals surface area contributed by atoms with Gasteiger partial charge in [-0.25, -0.2) is 4.79 Å².